The highest BCUT2D eigenvalue weighted by Crippen LogP contribution is 2.44. The third kappa shape index (κ3) is 3.44. The fourth-order valence-corrected chi connectivity index (χ4v) is 4.50. The lowest BCUT2D eigenvalue weighted by molar-refractivity contribution is -0.177. The Morgan fingerprint density at radius 2 is 1.90 bits per heavy atom. The summed E-state index contributed by atoms with van der Waals surface area (Å²) in [5.41, 5.74) is -0.480. The van der Waals surface area contributed by atoms with Crippen molar-refractivity contribution >= 4 is 0 Å². The summed E-state index contributed by atoms with van der Waals surface area (Å²) in [4.78, 5) is 2.47. The van der Waals surface area contributed by atoms with Gasteiger partial charge in [-0.05, 0) is 64.0 Å². The van der Waals surface area contributed by atoms with Gasteiger partial charge in [-0.1, -0.05) is 6.92 Å². The van der Waals surface area contributed by atoms with Crippen LogP contribution in [-0.2, 0) is 9.47 Å². The number of hydrogen-bond acceptors (Lipinski definition) is 4. The Morgan fingerprint density at radius 3 is 2.67 bits per heavy atom. The van der Waals surface area contributed by atoms with Crippen molar-refractivity contribution in [3.05, 3.63) is 0 Å². The molecule has 0 aromatic heterocycles. The summed E-state index contributed by atoms with van der Waals surface area (Å²) in [6.45, 7) is 7.94. The molecule has 21 heavy (non-hydrogen) atoms. The van der Waals surface area contributed by atoms with Crippen LogP contribution >= 0.6 is 0 Å². The Balaban J connectivity index is 1.67. The molecule has 0 bridgehead atoms. The van der Waals surface area contributed by atoms with Crippen molar-refractivity contribution in [2.75, 3.05) is 39.5 Å². The summed E-state index contributed by atoms with van der Waals surface area (Å²) in [5, 5.41) is 11.3. The van der Waals surface area contributed by atoms with Crippen LogP contribution in [0.1, 0.15) is 51.9 Å². The van der Waals surface area contributed by atoms with E-state index in [1.165, 1.54) is 0 Å². The lowest BCUT2D eigenvalue weighted by Crippen LogP contribution is -2.51. The molecule has 3 heterocycles. The number of aliphatic hydroxyl groups is 1. The maximum absolute atomic E-state index is 11.3. The van der Waals surface area contributed by atoms with Crippen LogP contribution in [0.15, 0.2) is 0 Å². The normalized spacial score (nSPS) is 38.3. The van der Waals surface area contributed by atoms with Crippen molar-refractivity contribution in [2.24, 2.45) is 5.92 Å². The SMILES string of the molecule is CCN1CCCC(O)(C2CCOC3(CCOCC3)C2)CC1. The summed E-state index contributed by atoms with van der Waals surface area (Å²) < 4.78 is 11.6. The number of ether oxygens (including phenoxy) is 2. The molecule has 3 saturated heterocycles. The smallest absolute Gasteiger partial charge is 0.0730 e. The molecule has 1 N–H and O–H groups in total. The molecule has 0 radical (unpaired) electrons. The average Bonchev–Trinajstić information content (AvgIpc) is 2.71. The number of likely N-dealkylation sites (tertiary alicyclic amines) is 1. The molecule has 3 fully saturated rings. The van der Waals surface area contributed by atoms with Crippen molar-refractivity contribution in [3.63, 3.8) is 0 Å². The van der Waals surface area contributed by atoms with Gasteiger partial charge >= 0.3 is 0 Å². The molecule has 0 aromatic rings. The molecule has 3 rings (SSSR count). The van der Waals surface area contributed by atoms with Crippen LogP contribution in [0.25, 0.3) is 0 Å². The second kappa shape index (κ2) is 6.53. The van der Waals surface area contributed by atoms with Gasteiger partial charge in [0.1, 0.15) is 0 Å². The topological polar surface area (TPSA) is 41.9 Å². The largest absolute Gasteiger partial charge is 0.390 e. The Labute approximate surface area is 128 Å². The first-order valence-electron chi connectivity index (χ1n) is 8.82. The van der Waals surface area contributed by atoms with E-state index in [0.717, 1.165) is 84.4 Å². The lowest BCUT2D eigenvalue weighted by Gasteiger charge is -2.48. The van der Waals surface area contributed by atoms with Crippen molar-refractivity contribution in [2.45, 2.75) is 63.1 Å². The molecule has 2 unspecified atom stereocenters. The molecule has 3 aliphatic heterocycles. The zero-order valence-corrected chi connectivity index (χ0v) is 13.5. The monoisotopic (exact) mass is 297 g/mol. The zero-order valence-electron chi connectivity index (χ0n) is 13.5. The second-order valence-corrected chi connectivity index (χ2v) is 7.22. The van der Waals surface area contributed by atoms with E-state index in [4.69, 9.17) is 9.47 Å². The van der Waals surface area contributed by atoms with E-state index in [0.29, 0.717) is 5.92 Å². The molecule has 2 atom stereocenters. The van der Waals surface area contributed by atoms with E-state index in [1.54, 1.807) is 0 Å². The van der Waals surface area contributed by atoms with Crippen LogP contribution in [0.3, 0.4) is 0 Å². The summed E-state index contributed by atoms with van der Waals surface area (Å²) in [6, 6.07) is 0. The zero-order chi connectivity index (χ0) is 14.8. The second-order valence-electron chi connectivity index (χ2n) is 7.22. The van der Waals surface area contributed by atoms with Gasteiger partial charge in [0.05, 0.1) is 11.2 Å². The van der Waals surface area contributed by atoms with Crippen LogP contribution < -0.4 is 0 Å². The Kier molecular flexibility index (Phi) is 4.89. The predicted molar refractivity (Wildman–Crippen MR) is 82.4 cm³/mol. The van der Waals surface area contributed by atoms with Gasteiger partial charge in [-0.15, -0.1) is 0 Å². The highest BCUT2D eigenvalue weighted by Gasteiger charge is 2.46. The van der Waals surface area contributed by atoms with Gasteiger partial charge in [0.15, 0.2) is 0 Å². The molecule has 1 spiro atoms. The van der Waals surface area contributed by atoms with Gasteiger partial charge < -0.3 is 19.5 Å². The minimum absolute atomic E-state index is 0.00631. The molecule has 0 saturated carbocycles. The fourth-order valence-electron chi connectivity index (χ4n) is 4.50. The van der Waals surface area contributed by atoms with E-state index in [9.17, 15) is 5.11 Å². The number of rotatable bonds is 2. The molecular weight excluding hydrogens is 266 g/mol. The molecule has 3 aliphatic rings. The number of hydrogen-bond donors (Lipinski definition) is 1. The van der Waals surface area contributed by atoms with Crippen molar-refractivity contribution in [3.8, 4) is 0 Å². The quantitative estimate of drug-likeness (QED) is 0.848. The van der Waals surface area contributed by atoms with Gasteiger partial charge in [-0.2, -0.15) is 0 Å². The first kappa shape index (κ1) is 15.7. The molecular formula is C17H31NO3. The average molecular weight is 297 g/mol. The van der Waals surface area contributed by atoms with Crippen LogP contribution in [-0.4, -0.2) is 60.7 Å². The molecule has 0 amide bonds. The van der Waals surface area contributed by atoms with Crippen LogP contribution in [0.4, 0.5) is 0 Å². The highest BCUT2D eigenvalue weighted by molar-refractivity contribution is 4.97. The van der Waals surface area contributed by atoms with Gasteiger partial charge in [0.25, 0.3) is 0 Å². The van der Waals surface area contributed by atoms with Crippen LogP contribution in [0.5, 0.6) is 0 Å². The standard InChI is InChI=1S/C17H31NO3/c1-2-18-9-3-5-17(19,6-10-18)15-4-11-21-16(14-15)7-12-20-13-8-16/h15,19H,2-14H2,1H3. The minimum atomic E-state index is -0.473. The van der Waals surface area contributed by atoms with Crippen LogP contribution in [0, 0.1) is 5.92 Å². The van der Waals surface area contributed by atoms with Gasteiger partial charge in [0, 0.05) is 26.4 Å². The van der Waals surface area contributed by atoms with E-state index < -0.39 is 5.60 Å². The Morgan fingerprint density at radius 1 is 1.10 bits per heavy atom. The predicted octanol–water partition coefficient (Wildman–Crippen LogP) is 2.20. The van der Waals surface area contributed by atoms with Crippen molar-refractivity contribution < 1.29 is 14.6 Å². The molecule has 0 aliphatic carbocycles. The van der Waals surface area contributed by atoms with E-state index in [-0.39, 0.29) is 5.60 Å². The van der Waals surface area contributed by atoms with E-state index >= 15 is 0 Å². The summed E-state index contributed by atoms with van der Waals surface area (Å²) in [5.74, 6) is 0.404. The molecule has 4 nitrogen and oxygen atoms in total. The van der Waals surface area contributed by atoms with Gasteiger partial charge in [-0.3, -0.25) is 0 Å². The fraction of sp³-hybridized carbons (Fsp3) is 1.00. The highest BCUT2D eigenvalue weighted by atomic mass is 16.5. The number of nitrogens with zero attached hydrogens (tertiary/aromatic N) is 1. The van der Waals surface area contributed by atoms with Crippen molar-refractivity contribution in [1.82, 2.24) is 4.90 Å². The first-order chi connectivity index (χ1) is 10.2. The van der Waals surface area contributed by atoms with E-state index in [1.807, 2.05) is 0 Å². The first-order valence-corrected chi connectivity index (χ1v) is 8.82. The van der Waals surface area contributed by atoms with E-state index in [2.05, 4.69) is 11.8 Å². The Bertz CT molecular complexity index is 337. The third-order valence-corrected chi connectivity index (χ3v) is 6.05. The molecule has 122 valence electrons. The molecule has 4 heteroatoms. The van der Waals surface area contributed by atoms with Crippen LogP contribution in [0.2, 0.25) is 0 Å². The lowest BCUT2D eigenvalue weighted by atomic mass is 9.70. The van der Waals surface area contributed by atoms with Crippen molar-refractivity contribution in [1.29, 1.82) is 0 Å². The van der Waals surface area contributed by atoms with Gasteiger partial charge in [-0.25, -0.2) is 0 Å². The summed E-state index contributed by atoms with van der Waals surface area (Å²) in [6.07, 6.45) is 7.06. The van der Waals surface area contributed by atoms with Gasteiger partial charge in [0.2, 0.25) is 0 Å². The summed E-state index contributed by atoms with van der Waals surface area (Å²) in [7, 11) is 0. The third-order valence-electron chi connectivity index (χ3n) is 6.05. The molecule has 0 aromatic carbocycles. The minimum Gasteiger partial charge on any atom is -0.390 e. The Hall–Kier alpha value is -0.160. The maximum Gasteiger partial charge on any atom is 0.0730 e. The maximum atomic E-state index is 11.3. The summed E-state index contributed by atoms with van der Waals surface area (Å²) >= 11 is 0.